The molecule has 0 aromatic heterocycles. The Bertz CT molecular complexity index is 507. The highest BCUT2D eigenvalue weighted by Crippen LogP contribution is 2.20. The van der Waals surface area contributed by atoms with E-state index in [4.69, 9.17) is 4.74 Å². The zero-order valence-corrected chi connectivity index (χ0v) is 13.4. The molecule has 22 heavy (non-hydrogen) atoms. The summed E-state index contributed by atoms with van der Waals surface area (Å²) in [5, 5.41) is 5.70. The van der Waals surface area contributed by atoms with Crippen molar-refractivity contribution in [3.05, 3.63) is 42.0 Å². The number of urea groups is 1. The maximum absolute atomic E-state index is 11.8. The van der Waals surface area contributed by atoms with Crippen molar-refractivity contribution < 1.29 is 9.53 Å². The number of morpholine rings is 1. The molecule has 1 aliphatic heterocycles. The monoisotopic (exact) mass is 303 g/mol. The molecule has 2 N–H and O–H groups in total. The molecular formula is C17H25N3O2. The van der Waals surface area contributed by atoms with E-state index in [9.17, 15) is 4.79 Å². The zero-order valence-electron chi connectivity index (χ0n) is 13.4. The molecular weight excluding hydrogens is 278 g/mol. The van der Waals surface area contributed by atoms with Crippen LogP contribution >= 0.6 is 0 Å². The third kappa shape index (κ3) is 4.77. The van der Waals surface area contributed by atoms with Crippen LogP contribution in [0.1, 0.15) is 25.5 Å². The Kier molecular flexibility index (Phi) is 5.83. The molecule has 1 saturated heterocycles. The van der Waals surface area contributed by atoms with Crippen molar-refractivity contribution in [1.82, 2.24) is 10.6 Å². The van der Waals surface area contributed by atoms with E-state index in [1.807, 2.05) is 13.8 Å². The van der Waals surface area contributed by atoms with Gasteiger partial charge in [-0.3, -0.25) is 0 Å². The van der Waals surface area contributed by atoms with Gasteiger partial charge in [0.15, 0.2) is 0 Å². The van der Waals surface area contributed by atoms with E-state index in [2.05, 4.69) is 46.4 Å². The van der Waals surface area contributed by atoms with Crippen molar-refractivity contribution in [2.75, 3.05) is 37.7 Å². The van der Waals surface area contributed by atoms with Gasteiger partial charge in [0.25, 0.3) is 0 Å². The second kappa shape index (κ2) is 7.84. The Balaban J connectivity index is 1.88. The Morgan fingerprint density at radius 1 is 1.32 bits per heavy atom. The molecule has 2 amide bonds. The molecule has 0 saturated carbocycles. The summed E-state index contributed by atoms with van der Waals surface area (Å²) in [4.78, 5) is 14.1. The summed E-state index contributed by atoms with van der Waals surface area (Å²) in [6.45, 7) is 11.5. The molecule has 0 radical (unpaired) electrons. The summed E-state index contributed by atoms with van der Waals surface area (Å²) in [5.41, 5.74) is 3.21. The molecule has 2 rings (SSSR count). The van der Waals surface area contributed by atoms with Gasteiger partial charge in [-0.25, -0.2) is 4.79 Å². The average Bonchev–Trinajstić information content (AvgIpc) is 2.54. The van der Waals surface area contributed by atoms with Crippen LogP contribution in [0.4, 0.5) is 10.5 Å². The Labute approximate surface area is 132 Å². The van der Waals surface area contributed by atoms with Gasteiger partial charge in [-0.1, -0.05) is 24.3 Å². The van der Waals surface area contributed by atoms with E-state index in [0.29, 0.717) is 6.54 Å². The predicted octanol–water partition coefficient (Wildman–Crippen LogP) is 2.46. The van der Waals surface area contributed by atoms with Crippen LogP contribution in [0.5, 0.6) is 0 Å². The highest BCUT2D eigenvalue weighted by Gasteiger charge is 2.13. The number of anilines is 1. The minimum atomic E-state index is -0.173. The van der Waals surface area contributed by atoms with Crippen molar-refractivity contribution in [1.29, 1.82) is 0 Å². The van der Waals surface area contributed by atoms with Crippen molar-refractivity contribution in [3.63, 3.8) is 0 Å². The molecule has 0 spiro atoms. The normalized spacial score (nSPS) is 16.0. The summed E-state index contributed by atoms with van der Waals surface area (Å²) >= 11 is 0. The summed E-state index contributed by atoms with van der Waals surface area (Å²) < 4.78 is 5.36. The Morgan fingerprint density at radius 2 is 1.95 bits per heavy atom. The summed E-state index contributed by atoms with van der Waals surface area (Å²) in [6.07, 6.45) is 0. The van der Waals surface area contributed by atoms with Gasteiger partial charge in [-0.2, -0.15) is 0 Å². The van der Waals surface area contributed by atoms with Crippen molar-refractivity contribution in [2.45, 2.75) is 19.9 Å². The lowest BCUT2D eigenvalue weighted by atomic mass is 10.1. The number of rotatable bonds is 5. The van der Waals surface area contributed by atoms with E-state index in [0.717, 1.165) is 37.4 Å². The minimum absolute atomic E-state index is 0.0381. The zero-order chi connectivity index (χ0) is 15.9. The quantitative estimate of drug-likeness (QED) is 0.822. The van der Waals surface area contributed by atoms with Gasteiger partial charge in [0.05, 0.1) is 19.3 Å². The number of benzene rings is 1. The van der Waals surface area contributed by atoms with Crippen molar-refractivity contribution >= 4 is 11.7 Å². The topological polar surface area (TPSA) is 53.6 Å². The first-order valence-electron chi connectivity index (χ1n) is 7.67. The first kappa shape index (κ1) is 16.4. The van der Waals surface area contributed by atoms with Gasteiger partial charge in [-0.15, -0.1) is 0 Å². The molecule has 1 atom stereocenters. The van der Waals surface area contributed by atoms with Crippen LogP contribution in [-0.4, -0.2) is 38.9 Å². The first-order valence-corrected chi connectivity index (χ1v) is 7.67. The summed E-state index contributed by atoms with van der Waals surface area (Å²) in [6, 6.07) is 8.12. The van der Waals surface area contributed by atoms with E-state index in [-0.39, 0.29) is 12.1 Å². The smallest absolute Gasteiger partial charge is 0.315 e. The van der Waals surface area contributed by atoms with Gasteiger partial charge >= 0.3 is 6.03 Å². The van der Waals surface area contributed by atoms with E-state index < -0.39 is 0 Å². The van der Waals surface area contributed by atoms with E-state index in [1.165, 1.54) is 5.69 Å². The molecule has 0 unspecified atom stereocenters. The fraction of sp³-hybridized carbons (Fsp3) is 0.471. The molecule has 0 aliphatic carbocycles. The molecule has 1 aromatic carbocycles. The van der Waals surface area contributed by atoms with Crippen LogP contribution in [0.25, 0.3) is 0 Å². The predicted molar refractivity (Wildman–Crippen MR) is 89.2 cm³/mol. The molecule has 1 aliphatic rings. The molecule has 1 aromatic rings. The second-order valence-electron chi connectivity index (χ2n) is 5.70. The number of amides is 2. The number of hydrogen-bond donors (Lipinski definition) is 2. The SMILES string of the molecule is C=C(C)CNC(=O)N[C@H](C)c1ccc(N2CCOCC2)cc1. The van der Waals surface area contributed by atoms with Crippen LogP contribution in [0.2, 0.25) is 0 Å². The number of hydrogen-bond acceptors (Lipinski definition) is 3. The second-order valence-corrected chi connectivity index (χ2v) is 5.70. The standard InChI is InChI=1S/C17H25N3O2/c1-13(2)12-18-17(21)19-14(3)15-4-6-16(7-5-15)20-8-10-22-11-9-20/h4-7,14H,1,8-12H2,2-3H3,(H2,18,19,21)/t14-/m1/s1. The lowest BCUT2D eigenvalue weighted by Gasteiger charge is -2.29. The number of carbonyl (C=O) groups excluding carboxylic acids is 1. The van der Waals surface area contributed by atoms with Crippen LogP contribution in [-0.2, 0) is 4.74 Å². The fourth-order valence-electron chi connectivity index (χ4n) is 2.36. The number of nitrogens with one attached hydrogen (secondary N) is 2. The Hall–Kier alpha value is -2.01. The molecule has 1 heterocycles. The van der Waals surface area contributed by atoms with Gasteiger partial charge in [-0.05, 0) is 31.5 Å². The molecule has 120 valence electrons. The lowest BCUT2D eigenvalue weighted by molar-refractivity contribution is 0.122. The molecule has 5 nitrogen and oxygen atoms in total. The van der Waals surface area contributed by atoms with Gasteiger partial charge in [0, 0.05) is 25.3 Å². The molecule has 5 heteroatoms. The van der Waals surface area contributed by atoms with E-state index >= 15 is 0 Å². The molecule has 1 fully saturated rings. The molecule has 0 bridgehead atoms. The van der Waals surface area contributed by atoms with Crippen LogP contribution in [0.15, 0.2) is 36.4 Å². The maximum Gasteiger partial charge on any atom is 0.315 e. The number of ether oxygens (including phenoxy) is 1. The van der Waals surface area contributed by atoms with Crippen LogP contribution < -0.4 is 15.5 Å². The van der Waals surface area contributed by atoms with Crippen LogP contribution in [0.3, 0.4) is 0 Å². The number of carbonyl (C=O) groups is 1. The average molecular weight is 303 g/mol. The summed E-state index contributed by atoms with van der Waals surface area (Å²) in [5.74, 6) is 0. The van der Waals surface area contributed by atoms with Gasteiger partial charge < -0.3 is 20.3 Å². The first-order chi connectivity index (χ1) is 10.6. The van der Waals surface area contributed by atoms with Crippen LogP contribution in [0, 0.1) is 0 Å². The third-order valence-corrected chi connectivity index (χ3v) is 3.67. The van der Waals surface area contributed by atoms with Gasteiger partial charge in [0.2, 0.25) is 0 Å². The minimum Gasteiger partial charge on any atom is -0.378 e. The highest BCUT2D eigenvalue weighted by molar-refractivity contribution is 5.74. The lowest BCUT2D eigenvalue weighted by Crippen LogP contribution is -2.37. The largest absolute Gasteiger partial charge is 0.378 e. The van der Waals surface area contributed by atoms with Gasteiger partial charge in [0.1, 0.15) is 0 Å². The fourth-order valence-corrected chi connectivity index (χ4v) is 2.36. The maximum atomic E-state index is 11.8. The van der Waals surface area contributed by atoms with Crippen molar-refractivity contribution in [3.8, 4) is 0 Å². The third-order valence-electron chi connectivity index (χ3n) is 3.67. The Morgan fingerprint density at radius 3 is 2.55 bits per heavy atom. The highest BCUT2D eigenvalue weighted by atomic mass is 16.5. The van der Waals surface area contributed by atoms with E-state index in [1.54, 1.807) is 0 Å². The van der Waals surface area contributed by atoms with Crippen molar-refractivity contribution in [2.24, 2.45) is 0 Å². The summed E-state index contributed by atoms with van der Waals surface area (Å²) in [7, 11) is 0. The number of nitrogens with zero attached hydrogens (tertiary/aromatic N) is 1.